The Balaban J connectivity index is 1.52. The molecule has 0 spiro atoms. The van der Waals surface area contributed by atoms with Crippen LogP contribution in [0.25, 0.3) is 0 Å². The van der Waals surface area contributed by atoms with E-state index in [4.69, 9.17) is 0 Å². The van der Waals surface area contributed by atoms with Gasteiger partial charge in [-0.15, -0.1) is 0 Å². The Labute approximate surface area is 87.0 Å². The number of nitrogens with one attached hydrogen (secondary N) is 1. The molecule has 3 atom stereocenters. The van der Waals surface area contributed by atoms with Crippen molar-refractivity contribution < 1.29 is 0 Å². The van der Waals surface area contributed by atoms with Gasteiger partial charge in [-0.05, 0) is 44.6 Å². The third-order valence-corrected chi connectivity index (χ3v) is 4.39. The Morgan fingerprint density at radius 2 is 2.14 bits per heavy atom. The maximum Gasteiger partial charge on any atom is 0.0195 e. The van der Waals surface area contributed by atoms with Crippen LogP contribution in [-0.4, -0.2) is 36.6 Å². The summed E-state index contributed by atoms with van der Waals surface area (Å²) in [5, 5.41) is 3.66. The van der Waals surface area contributed by atoms with Gasteiger partial charge in [-0.25, -0.2) is 0 Å². The summed E-state index contributed by atoms with van der Waals surface area (Å²) < 4.78 is 0. The van der Waals surface area contributed by atoms with E-state index in [0.29, 0.717) is 0 Å². The number of hydrogen-bond acceptors (Lipinski definition) is 2. The van der Waals surface area contributed by atoms with Crippen molar-refractivity contribution in [3.05, 3.63) is 0 Å². The molecule has 0 aromatic carbocycles. The molecule has 2 heteroatoms. The molecular formula is C12H22N2. The van der Waals surface area contributed by atoms with Gasteiger partial charge in [0.2, 0.25) is 0 Å². The molecule has 3 unspecified atom stereocenters. The van der Waals surface area contributed by atoms with E-state index in [1.807, 2.05) is 0 Å². The van der Waals surface area contributed by atoms with E-state index in [1.54, 1.807) is 0 Å². The van der Waals surface area contributed by atoms with Gasteiger partial charge in [-0.3, -0.25) is 4.90 Å². The summed E-state index contributed by atoms with van der Waals surface area (Å²) in [5.74, 6) is 1.06. The van der Waals surface area contributed by atoms with Gasteiger partial charge in [0.15, 0.2) is 0 Å². The molecule has 80 valence electrons. The molecule has 2 heterocycles. The van der Waals surface area contributed by atoms with Gasteiger partial charge >= 0.3 is 0 Å². The molecule has 0 radical (unpaired) electrons. The van der Waals surface area contributed by atoms with E-state index in [9.17, 15) is 0 Å². The van der Waals surface area contributed by atoms with Crippen LogP contribution in [0.1, 0.15) is 38.5 Å². The minimum absolute atomic E-state index is 0.808. The van der Waals surface area contributed by atoms with Crippen LogP contribution in [0.4, 0.5) is 0 Å². The predicted octanol–water partition coefficient (Wildman–Crippen LogP) is 1.61. The number of fused-ring (bicyclic) bond motifs is 2. The van der Waals surface area contributed by atoms with E-state index in [0.717, 1.165) is 18.0 Å². The second-order valence-electron chi connectivity index (χ2n) is 5.43. The second-order valence-corrected chi connectivity index (χ2v) is 5.43. The SMILES string of the molecule is C1CCC(CN2CC3CCC2C3)NC1. The molecule has 1 N–H and O–H groups in total. The summed E-state index contributed by atoms with van der Waals surface area (Å²) in [7, 11) is 0. The normalized spacial score (nSPS) is 43.3. The van der Waals surface area contributed by atoms with Crippen molar-refractivity contribution in [2.45, 2.75) is 50.6 Å². The third-order valence-electron chi connectivity index (χ3n) is 4.39. The summed E-state index contributed by atoms with van der Waals surface area (Å²) >= 11 is 0. The van der Waals surface area contributed by atoms with Crippen LogP contribution in [0.2, 0.25) is 0 Å². The zero-order valence-corrected chi connectivity index (χ0v) is 9.04. The molecule has 2 bridgehead atoms. The Kier molecular flexibility index (Phi) is 2.50. The highest BCUT2D eigenvalue weighted by atomic mass is 15.2. The van der Waals surface area contributed by atoms with E-state index < -0.39 is 0 Å². The minimum Gasteiger partial charge on any atom is -0.313 e. The molecule has 14 heavy (non-hydrogen) atoms. The van der Waals surface area contributed by atoms with Crippen LogP contribution in [0, 0.1) is 5.92 Å². The molecular weight excluding hydrogens is 172 g/mol. The first kappa shape index (κ1) is 9.17. The number of piperidine rings is 2. The average Bonchev–Trinajstić information content (AvgIpc) is 2.81. The fraction of sp³-hybridized carbons (Fsp3) is 1.00. The number of likely N-dealkylation sites (tertiary alicyclic amines) is 1. The molecule has 1 aliphatic carbocycles. The number of rotatable bonds is 2. The van der Waals surface area contributed by atoms with E-state index in [1.165, 1.54) is 58.2 Å². The molecule has 0 aromatic heterocycles. The van der Waals surface area contributed by atoms with Crippen molar-refractivity contribution in [1.82, 2.24) is 10.2 Å². The molecule has 3 aliphatic rings. The topological polar surface area (TPSA) is 15.3 Å². The fourth-order valence-corrected chi connectivity index (χ4v) is 3.61. The van der Waals surface area contributed by atoms with Crippen LogP contribution >= 0.6 is 0 Å². The van der Waals surface area contributed by atoms with Crippen molar-refractivity contribution >= 4 is 0 Å². The first-order valence-electron chi connectivity index (χ1n) is 6.39. The molecule has 1 saturated carbocycles. The van der Waals surface area contributed by atoms with Crippen LogP contribution in [0.5, 0.6) is 0 Å². The lowest BCUT2D eigenvalue weighted by molar-refractivity contribution is 0.180. The predicted molar refractivity (Wildman–Crippen MR) is 58.3 cm³/mol. The lowest BCUT2D eigenvalue weighted by Gasteiger charge is -2.33. The van der Waals surface area contributed by atoms with Crippen molar-refractivity contribution in [3.8, 4) is 0 Å². The highest BCUT2D eigenvalue weighted by Gasteiger charge is 2.38. The molecule has 2 aliphatic heterocycles. The van der Waals surface area contributed by atoms with Gasteiger partial charge in [-0.2, -0.15) is 0 Å². The standard InChI is InChI=1S/C12H22N2/c1-2-6-13-11(3-1)9-14-8-10-4-5-12(14)7-10/h10-13H,1-9H2. The summed E-state index contributed by atoms with van der Waals surface area (Å²) in [6.07, 6.45) is 8.75. The van der Waals surface area contributed by atoms with Gasteiger partial charge in [-0.1, -0.05) is 6.42 Å². The van der Waals surface area contributed by atoms with E-state index in [2.05, 4.69) is 10.2 Å². The van der Waals surface area contributed by atoms with Crippen LogP contribution in [-0.2, 0) is 0 Å². The lowest BCUT2D eigenvalue weighted by atomic mass is 10.0. The van der Waals surface area contributed by atoms with Crippen molar-refractivity contribution in [2.75, 3.05) is 19.6 Å². The maximum absolute atomic E-state index is 3.66. The van der Waals surface area contributed by atoms with Gasteiger partial charge < -0.3 is 5.32 Å². The van der Waals surface area contributed by atoms with E-state index >= 15 is 0 Å². The molecule has 3 fully saturated rings. The van der Waals surface area contributed by atoms with Crippen molar-refractivity contribution in [2.24, 2.45) is 5.92 Å². The molecule has 2 saturated heterocycles. The highest BCUT2D eigenvalue weighted by Crippen LogP contribution is 2.37. The summed E-state index contributed by atoms with van der Waals surface area (Å²) in [6.45, 7) is 4.00. The highest BCUT2D eigenvalue weighted by molar-refractivity contribution is 4.93. The zero-order valence-electron chi connectivity index (χ0n) is 9.04. The Morgan fingerprint density at radius 1 is 1.14 bits per heavy atom. The number of nitrogens with zero attached hydrogens (tertiary/aromatic N) is 1. The molecule has 3 rings (SSSR count). The van der Waals surface area contributed by atoms with Gasteiger partial charge in [0, 0.05) is 25.2 Å². The van der Waals surface area contributed by atoms with Gasteiger partial charge in [0.1, 0.15) is 0 Å². The Bertz CT molecular complexity index is 198. The van der Waals surface area contributed by atoms with Crippen molar-refractivity contribution in [3.63, 3.8) is 0 Å². The summed E-state index contributed by atoms with van der Waals surface area (Å²) in [6, 6.07) is 1.77. The zero-order chi connectivity index (χ0) is 9.38. The van der Waals surface area contributed by atoms with E-state index in [-0.39, 0.29) is 0 Å². The largest absolute Gasteiger partial charge is 0.313 e. The van der Waals surface area contributed by atoms with Crippen LogP contribution in [0.15, 0.2) is 0 Å². The van der Waals surface area contributed by atoms with Crippen molar-refractivity contribution in [1.29, 1.82) is 0 Å². The van der Waals surface area contributed by atoms with Crippen LogP contribution < -0.4 is 5.32 Å². The first-order chi connectivity index (χ1) is 6.92. The molecule has 0 aromatic rings. The van der Waals surface area contributed by atoms with Crippen LogP contribution in [0.3, 0.4) is 0 Å². The van der Waals surface area contributed by atoms with Gasteiger partial charge in [0.05, 0.1) is 0 Å². The maximum atomic E-state index is 3.66. The first-order valence-corrected chi connectivity index (χ1v) is 6.39. The Hall–Kier alpha value is -0.0800. The average molecular weight is 194 g/mol. The Morgan fingerprint density at radius 3 is 2.79 bits per heavy atom. The summed E-state index contributed by atoms with van der Waals surface area (Å²) in [5.41, 5.74) is 0. The molecule has 2 nitrogen and oxygen atoms in total. The third kappa shape index (κ3) is 1.70. The molecule has 0 amide bonds. The van der Waals surface area contributed by atoms with Gasteiger partial charge in [0.25, 0.3) is 0 Å². The second kappa shape index (κ2) is 3.82. The smallest absolute Gasteiger partial charge is 0.0195 e. The quantitative estimate of drug-likeness (QED) is 0.718. The minimum atomic E-state index is 0.808. The monoisotopic (exact) mass is 194 g/mol. The number of hydrogen-bond donors (Lipinski definition) is 1. The fourth-order valence-electron chi connectivity index (χ4n) is 3.61. The summed E-state index contributed by atoms with van der Waals surface area (Å²) in [4.78, 5) is 2.76. The lowest BCUT2D eigenvalue weighted by Crippen LogP contribution is -2.46.